The third kappa shape index (κ3) is 2.85. The maximum absolute atomic E-state index is 13.6. The molecular weight excluding hydrogens is 329 g/mol. The number of benzene rings is 2. The molecule has 0 aliphatic heterocycles. The molecule has 1 aromatic heterocycles. The van der Waals surface area contributed by atoms with E-state index in [0.29, 0.717) is 27.7 Å². The van der Waals surface area contributed by atoms with Crippen LogP contribution in [0, 0.1) is 17.5 Å². The summed E-state index contributed by atoms with van der Waals surface area (Å²) in [7, 11) is 1.58. The second kappa shape index (κ2) is 6.01. The van der Waals surface area contributed by atoms with Crippen LogP contribution in [0.1, 0.15) is 15.9 Å². The third-order valence-electron chi connectivity index (χ3n) is 3.79. The molecule has 122 valence electrons. The van der Waals surface area contributed by atoms with Gasteiger partial charge in [0.25, 0.3) is 11.5 Å². The summed E-state index contributed by atoms with van der Waals surface area (Å²) < 4.78 is 15.2. The molecule has 0 radical (unpaired) electrons. The minimum atomic E-state index is -0.403. The summed E-state index contributed by atoms with van der Waals surface area (Å²) in [5.41, 5.74) is 1.44. The molecule has 3 rings (SSSR count). The lowest BCUT2D eigenvalue weighted by Gasteiger charge is -2.08. The van der Waals surface area contributed by atoms with Gasteiger partial charge >= 0.3 is 0 Å². The zero-order valence-corrected chi connectivity index (χ0v) is 13.8. The third-order valence-corrected chi connectivity index (χ3v) is 4.17. The number of aryl methyl sites for hydroxylation is 1. The van der Waals surface area contributed by atoms with Crippen molar-refractivity contribution in [1.82, 2.24) is 9.55 Å². The number of anilines is 1. The molecule has 0 spiro atoms. The second-order valence-electron chi connectivity index (χ2n) is 5.47. The van der Waals surface area contributed by atoms with Crippen LogP contribution < -0.4 is 10.9 Å². The lowest BCUT2D eigenvalue weighted by Crippen LogP contribution is -2.19. The van der Waals surface area contributed by atoms with Gasteiger partial charge in [0, 0.05) is 18.3 Å². The number of carbonyl (C=O) groups excluding carboxylic acids is 1. The van der Waals surface area contributed by atoms with E-state index < -0.39 is 5.91 Å². The zero-order valence-electron chi connectivity index (χ0n) is 13.0. The fourth-order valence-corrected chi connectivity index (χ4v) is 2.51. The molecular formula is C17H14FN3O2S. The van der Waals surface area contributed by atoms with Crippen LogP contribution in [-0.4, -0.2) is 15.5 Å². The lowest BCUT2D eigenvalue weighted by atomic mass is 10.1. The minimum absolute atomic E-state index is 0.235. The molecule has 1 heterocycles. The van der Waals surface area contributed by atoms with Gasteiger partial charge in [-0.05, 0) is 55.0 Å². The standard InChI is InChI=1S/C17H14FN3O2S/c1-9-3-5-11(8-13(9)18)19-15(22)10-4-6-12-14(7-10)20-17(24)21(2)16(12)23/h3-8H,1-2H3,(H,19,22)(H,20,24). The molecule has 5 nitrogen and oxygen atoms in total. The van der Waals surface area contributed by atoms with Crippen LogP contribution in [0.5, 0.6) is 0 Å². The van der Waals surface area contributed by atoms with E-state index in [-0.39, 0.29) is 16.1 Å². The highest BCUT2D eigenvalue weighted by atomic mass is 32.1. The van der Waals surface area contributed by atoms with Gasteiger partial charge < -0.3 is 10.3 Å². The highest BCUT2D eigenvalue weighted by molar-refractivity contribution is 7.71. The van der Waals surface area contributed by atoms with Crippen LogP contribution in [0.2, 0.25) is 0 Å². The predicted molar refractivity (Wildman–Crippen MR) is 93.5 cm³/mol. The molecule has 0 saturated heterocycles. The topological polar surface area (TPSA) is 66.9 Å². The van der Waals surface area contributed by atoms with Gasteiger partial charge in [-0.2, -0.15) is 0 Å². The van der Waals surface area contributed by atoms with E-state index in [1.165, 1.54) is 10.6 Å². The lowest BCUT2D eigenvalue weighted by molar-refractivity contribution is 0.102. The van der Waals surface area contributed by atoms with Gasteiger partial charge in [0.1, 0.15) is 5.82 Å². The highest BCUT2D eigenvalue weighted by Crippen LogP contribution is 2.16. The molecule has 0 fully saturated rings. The summed E-state index contributed by atoms with van der Waals surface area (Å²) in [6, 6.07) is 9.13. The first-order valence-corrected chi connectivity index (χ1v) is 7.58. The zero-order chi connectivity index (χ0) is 17.4. The number of hydrogen-bond acceptors (Lipinski definition) is 3. The first-order chi connectivity index (χ1) is 11.4. The Morgan fingerprint density at radius 2 is 2.00 bits per heavy atom. The van der Waals surface area contributed by atoms with Crippen LogP contribution in [0.4, 0.5) is 10.1 Å². The van der Waals surface area contributed by atoms with E-state index in [9.17, 15) is 14.0 Å². The van der Waals surface area contributed by atoms with Gasteiger partial charge in [0.2, 0.25) is 0 Å². The number of hydrogen-bond donors (Lipinski definition) is 2. The first kappa shape index (κ1) is 16.1. The van der Waals surface area contributed by atoms with Crippen molar-refractivity contribution in [1.29, 1.82) is 0 Å². The molecule has 0 bridgehead atoms. The van der Waals surface area contributed by atoms with E-state index in [0.717, 1.165) is 0 Å². The van der Waals surface area contributed by atoms with Crippen LogP contribution >= 0.6 is 12.2 Å². The van der Waals surface area contributed by atoms with Crippen molar-refractivity contribution in [2.75, 3.05) is 5.32 Å². The number of H-pyrrole nitrogens is 1. The molecule has 3 aromatic rings. The van der Waals surface area contributed by atoms with Crippen molar-refractivity contribution in [3.63, 3.8) is 0 Å². The van der Waals surface area contributed by atoms with Crippen LogP contribution in [0.25, 0.3) is 10.9 Å². The van der Waals surface area contributed by atoms with Crippen molar-refractivity contribution in [2.24, 2.45) is 7.05 Å². The van der Waals surface area contributed by atoms with Gasteiger partial charge in [-0.25, -0.2) is 4.39 Å². The normalized spacial score (nSPS) is 10.8. The Labute approximate surface area is 141 Å². The van der Waals surface area contributed by atoms with E-state index >= 15 is 0 Å². The summed E-state index contributed by atoms with van der Waals surface area (Å²) in [5, 5.41) is 3.06. The molecule has 0 aliphatic carbocycles. The molecule has 1 amide bonds. The van der Waals surface area contributed by atoms with Crippen molar-refractivity contribution < 1.29 is 9.18 Å². The Kier molecular flexibility index (Phi) is 4.02. The number of aromatic amines is 1. The van der Waals surface area contributed by atoms with Crippen LogP contribution in [-0.2, 0) is 7.05 Å². The number of nitrogens with zero attached hydrogens (tertiary/aromatic N) is 1. The summed E-state index contributed by atoms with van der Waals surface area (Å²) in [6.45, 7) is 1.65. The summed E-state index contributed by atoms with van der Waals surface area (Å²) in [4.78, 5) is 27.4. The Hall–Kier alpha value is -2.80. The fraction of sp³-hybridized carbons (Fsp3) is 0.118. The van der Waals surface area contributed by atoms with Crippen molar-refractivity contribution in [3.05, 3.63) is 68.5 Å². The van der Waals surface area contributed by atoms with E-state index in [1.807, 2.05) is 0 Å². The monoisotopic (exact) mass is 343 g/mol. The summed E-state index contributed by atoms with van der Waals surface area (Å²) in [6.07, 6.45) is 0. The largest absolute Gasteiger partial charge is 0.332 e. The maximum atomic E-state index is 13.6. The molecule has 0 atom stereocenters. The Balaban J connectivity index is 1.98. The molecule has 2 N–H and O–H groups in total. The Morgan fingerprint density at radius 3 is 2.71 bits per heavy atom. The number of fused-ring (bicyclic) bond motifs is 1. The average Bonchev–Trinajstić information content (AvgIpc) is 2.55. The van der Waals surface area contributed by atoms with Crippen LogP contribution in [0.15, 0.2) is 41.2 Å². The molecule has 24 heavy (non-hydrogen) atoms. The van der Waals surface area contributed by atoms with Crippen molar-refractivity contribution in [2.45, 2.75) is 6.92 Å². The number of nitrogens with one attached hydrogen (secondary N) is 2. The van der Waals surface area contributed by atoms with Gasteiger partial charge in [-0.3, -0.25) is 14.2 Å². The second-order valence-corrected chi connectivity index (χ2v) is 5.86. The van der Waals surface area contributed by atoms with Gasteiger partial charge in [-0.15, -0.1) is 0 Å². The molecule has 7 heteroatoms. The highest BCUT2D eigenvalue weighted by Gasteiger charge is 2.10. The number of carbonyl (C=O) groups is 1. The molecule has 2 aromatic carbocycles. The quantitative estimate of drug-likeness (QED) is 0.702. The number of halogens is 1. The minimum Gasteiger partial charge on any atom is -0.332 e. The van der Waals surface area contributed by atoms with Gasteiger partial charge in [-0.1, -0.05) is 6.07 Å². The van der Waals surface area contributed by atoms with Crippen molar-refractivity contribution in [3.8, 4) is 0 Å². The Bertz CT molecular complexity index is 1090. The van der Waals surface area contributed by atoms with E-state index in [1.54, 1.807) is 44.3 Å². The summed E-state index contributed by atoms with van der Waals surface area (Å²) >= 11 is 5.07. The van der Waals surface area contributed by atoms with E-state index in [4.69, 9.17) is 12.2 Å². The number of aromatic nitrogens is 2. The number of rotatable bonds is 2. The van der Waals surface area contributed by atoms with Crippen LogP contribution in [0.3, 0.4) is 0 Å². The molecule has 0 unspecified atom stereocenters. The fourth-order valence-electron chi connectivity index (χ4n) is 2.32. The van der Waals surface area contributed by atoms with E-state index in [2.05, 4.69) is 10.3 Å². The van der Waals surface area contributed by atoms with Gasteiger partial charge in [0.05, 0.1) is 10.9 Å². The molecule has 0 aliphatic rings. The predicted octanol–water partition coefficient (Wildman–Crippen LogP) is 3.30. The smallest absolute Gasteiger partial charge is 0.261 e. The first-order valence-electron chi connectivity index (χ1n) is 7.17. The average molecular weight is 343 g/mol. The van der Waals surface area contributed by atoms with Crippen molar-refractivity contribution >= 4 is 34.7 Å². The number of amides is 1. The SMILES string of the molecule is Cc1ccc(NC(=O)c2ccc3c(=O)n(C)c(=S)[nH]c3c2)cc1F. The summed E-state index contributed by atoms with van der Waals surface area (Å²) in [5.74, 6) is -0.793. The van der Waals surface area contributed by atoms with Gasteiger partial charge in [0.15, 0.2) is 4.77 Å². The Morgan fingerprint density at radius 1 is 1.25 bits per heavy atom. The maximum Gasteiger partial charge on any atom is 0.261 e. The molecule has 0 saturated carbocycles.